The number of hydrogen-bond acceptors (Lipinski definition) is 4. The van der Waals surface area contributed by atoms with E-state index in [1.807, 2.05) is 0 Å². The number of likely N-dealkylation sites (tertiary alicyclic amines) is 1. The molecule has 0 aromatic carbocycles. The van der Waals surface area contributed by atoms with Crippen molar-refractivity contribution in [1.29, 1.82) is 0 Å². The summed E-state index contributed by atoms with van der Waals surface area (Å²) in [6.45, 7) is 5.09. The highest BCUT2D eigenvalue weighted by Crippen LogP contribution is 2.30. The lowest BCUT2D eigenvalue weighted by atomic mass is 9.81. The molecule has 0 saturated carbocycles. The van der Waals surface area contributed by atoms with E-state index < -0.39 is 10.2 Å². The van der Waals surface area contributed by atoms with E-state index in [-0.39, 0.29) is 18.1 Å². The van der Waals surface area contributed by atoms with Gasteiger partial charge >= 0.3 is 0 Å². The molecular formula is C14H29N3O3S. The standard InChI is InChI=1S/C14H29N3O3S/c1-14(6-9-16(2)10-7-14)12-15-21(19,20)17-8-4-3-5-13(17)11-18/h13,15,18H,3-12H2,1-2H3. The fourth-order valence-electron chi connectivity index (χ4n) is 3.16. The first-order valence-electron chi connectivity index (χ1n) is 7.92. The van der Waals surface area contributed by atoms with Crippen molar-refractivity contribution in [2.24, 2.45) is 5.41 Å². The molecule has 0 bridgehead atoms. The quantitative estimate of drug-likeness (QED) is 0.769. The van der Waals surface area contributed by atoms with Gasteiger partial charge in [-0.05, 0) is 51.2 Å². The van der Waals surface area contributed by atoms with Gasteiger partial charge in [0.25, 0.3) is 10.2 Å². The summed E-state index contributed by atoms with van der Waals surface area (Å²) < 4.78 is 29.2. The number of nitrogens with one attached hydrogen (secondary N) is 1. The van der Waals surface area contributed by atoms with Crippen LogP contribution in [0.5, 0.6) is 0 Å². The van der Waals surface area contributed by atoms with Gasteiger partial charge in [-0.3, -0.25) is 0 Å². The van der Waals surface area contributed by atoms with Gasteiger partial charge in [0.1, 0.15) is 0 Å². The summed E-state index contributed by atoms with van der Waals surface area (Å²) in [4.78, 5) is 2.28. The third-order valence-corrected chi connectivity index (χ3v) is 6.58. The summed E-state index contributed by atoms with van der Waals surface area (Å²) in [5, 5.41) is 9.38. The van der Waals surface area contributed by atoms with Crippen LogP contribution >= 0.6 is 0 Å². The fraction of sp³-hybridized carbons (Fsp3) is 1.00. The Bertz CT molecular complexity index is 433. The number of aliphatic hydroxyl groups is 1. The van der Waals surface area contributed by atoms with E-state index in [0.717, 1.165) is 45.2 Å². The van der Waals surface area contributed by atoms with Gasteiger partial charge in [-0.1, -0.05) is 13.3 Å². The molecule has 2 fully saturated rings. The summed E-state index contributed by atoms with van der Waals surface area (Å²) in [7, 11) is -1.39. The van der Waals surface area contributed by atoms with Crippen LogP contribution in [0, 0.1) is 5.41 Å². The number of piperidine rings is 2. The molecule has 21 heavy (non-hydrogen) atoms. The summed E-state index contributed by atoms with van der Waals surface area (Å²) in [5.74, 6) is 0. The highest BCUT2D eigenvalue weighted by atomic mass is 32.2. The molecule has 2 saturated heterocycles. The molecule has 2 rings (SSSR count). The van der Waals surface area contributed by atoms with Crippen molar-refractivity contribution in [2.45, 2.75) is 45.1 Å². The molecule has 0 aliphatic carbocycles. The molecule has 1 unspecified atom stereocenters. The Hall–Kier alpha value is -0.210. The Morgan fingerprint density at radius 3 is 2.52 bits per heavy atom. The number of aliphatic hydroxyl groups excluding tert-OH is 1. The lowest BCUT2D eigenvalue weighted by molar-refractivity contribution is 0.137. The van der Waals surface area contributed by atoms with Crippen LogP contribution in [0.3, 0.4) is 0 Å². The van der Waals surface area contributed by atoms with E-state index in [2.05, 4.69) is 23.6 Å². The average molecular weight is 319 g/mol. The van der Waals surface area contributed by atoms with E-state index in [9.17, 15) is 13.5 Å². The summed E-state index contributed by atoms with van der Waals surface area (Å²) >= 11 is 0. The Morgan fingerprint density at radius 2 is 1.90 bits per heavy atom. The fourth-order valence-corrected chi connectivity index (χ4v) is 4.79. The zero-order valence-electron chi connectivity index (χ0n) is 13.2. The predicted octanol–water partition coefficient (Wildman–Crippen LogP) is 0.400. The van der Waals surface area contributed by atoms with E-state index in [1.54, 1.807) is 0 Å². The molecule has 7 heteroatoms. The Labute approximate surface area is 128 Å². The third-order valence-electron chi connectivity index (χ3n) is 4.97. The maximum Gasteiger partial charge on any atom is 0.279 e. The summed E-state index contributed by atoms with van der Waals surface area (Å²) in [5.41, 5.74) is 0.0318. The second-order valence-electron chi connectivity index (χ2n) is 6.88. The molecule has 2 heterocycles. The summed E-state index contributed by atoms with van der Waals surface area (Å²) in [6, 6.07) is -0.262. The first-order valence-corrected chi connectivity index (χ1v) is 9.36. The van der Waals surface area contributed by atoms with E-state index in [0.29, 0.717) is 13.1 Å². The second kappa shape index (κ2) is 6.91. The van der Waals surface area contributed by atoms with Gasteiger partial charge in [-0.15, -0.1) is 0 Å². The van der Waals surface area contributed by atoms with Crippen LogP contribution < -0.4 is 4.72 Å². The Kier molecular flexibility index (Phi) is 5.65. The van der Waals surface area contributed by atoms with Crippen molar-refractivity contribution in [2.75, 3.05) is 39.8 Å². The lowest BCUT2D eigenvalue weighted by Crippen LogP contribution is -2.52. The van der Waals surface area contributed by atoms with Gasteiger partial charge in [0.15, 0.2) is 0 Å². The van der Waals surface area contributed by atoms with Crippen molar-refractivity contribution in [1.82, 2.24) is 13.9 Å². The average Bonchev–Trinajstić information content (AvgIpc) is 2.49. The molecular weight excluding hydrogens is 290 g/mol. The maximum atomic E-state index is 12.5. The van der Waals surface area contributed by atoms with Crippen molar-refractivity contribution in [3.8, 4) is 0 Å². The zero-order chi connectivity index (χ0) is 15.5. The lowest BCUT2D eigenvalue weighted by Gasteiger charge is -2.39. The van der Waals surface area contributed by atoms with Crippen LogP contribution in [0.4, 0.5) is 0 Å². The van der Waals surface area contributed by atoms with Gasteiger partial charge in [0.2, 0.25) is 0 Å². The van der Waals surface area contributed by atoms with E-state index in [4.69, 9.17) is 0 Å². The minimum Gasteiger partial charge on any atom is -0.395 e. The molecule has 0 amide bonds. The molecule has 0 spiro atoms. The Balaban J connectivity index is 1.94. The molecule has 6 nitrogen and oxygen atoms in total. The van der Waals surface area contributed by atoms with Gasteiger partial charge in [-0.2, -0.15) is 12.7 Å². The third kappa shape index (κ3) is 4.39. The second-order valence-corrected chi connectivity index (χ2v) is 8.59. The number of rotatable bonds is 5. The van der Waals surface area contributed by atoms with Crippen molar-refractivity contribution in [3.05, 3.63) is 0 Å². The van der Waals surface area contributed by atoms with Crippen LogP contribution in [-0.2, 0) is 10.2 Å². The molecule has 2 aliphatic rings. The minimum atomic E-state index is -3.49. The highest BCUT2D eigenvalue weighted by molar-refractivity contribution is 7.87. The number of hydrogen-bond donors (Lipinski definition) is 2. The molecule has 2 aliphatic heterocycles. The monoisotopic (exact) mass is 319 g/mol. The van der Waals surface area contributed by atoms with Crippen molar-refractivity contribution in [3.63, 3.8) is 0 Å². The van der Waals surface area contributed by atoms with Gasteiger partial charge in [0.05, 0.1) is 6.61 Å². The molecule has 2 N–H and O–H groups in total. The van der Waals surface area contributed by atoms with Crippen LogP contribution in [0.25, 0.3) is 0 Å². The first kappa shape index (κ1) is 17.1. The van der Waals surface area contributed by atoms with Crippen molar-refractivity contribution >= 4 is 10.2 Å². The van der Waals surface area contributed by atoms with Crippen LogP contribution in [0.2, 0.25) is 0 Å². The predicted molar refractivity (Wildman–Crippen MR) is 83.2 cm³/mol. The van der Waals surface area contributed by atoms with Gasteiger partial charge in [0, 0.05) is 19.1 Å². The molecule has 0 aromatic heterocycles. The van der Waals surface area contributed by atoms with E-state index >= 15 is 0 Å². The first-order chi connectivity index (χ1) is 9.86. The van der Waals surface area contributed by atoms with Crippen LogP contribution in [-0.4, -0.2) is 68.6 Å². The highest BCUT2D eigenvalue weighted by Gasteiger charge is 2.35. The zero-order valence-corrected chi connectivity index (χ0v) is 14.0. The molecule has 0 radical (unpaired) electrons. The van der Waals surface area contributed by atoms with E-state index in [1.165, 1.54) is 4.31 Å². The molecule has 1 atom stereocenters. The van der Waals surface area contributed by atoms with Crippen LogP contribution in [0.1, 0.15) is 39.0 Å². The smallest absolute Gasteiger partial charge is 0.279 e. The maximum absolute atomic E-state index is 12.5. The topological polar surface area (TPSA) is 72.9 Å². The normalized spacial score (nSPS) is 28.6. The largest absolute Gasteiger partial charge is 0.395 e. The number of nitrogens with zero attached hydrogens (tertiary/aromatic N) is 2. The summed E-state index contributed by atoms with van der Waals surface area (Å²) in [6.07, 6.45) is 4.63. The van der Waals surface area contributed by atoms with Gasteiger partial charge in [-0.25, -0.2) is 4.72 Å². The molecule has 0 aromatic rings. The SMILES string of the molecule is CN1CCC(C)(CNS(=O)(=O)N2CCCCC2CO)CC1. The van der Waals surface area contributed by atoms with Crippen molar-refractivity contribution < 1.29 is 13.5 Å². The van der Waals surface area contributed by atoms with Gasteiger partial charge < -0.3 is 10.0 Å². The minimum absolute atomic E-state index is 0.0318. The molecule has 124 valence electrons. The van der Waals surface area contributed by atoms with Crippen LogP contribution in [0.15, 0.2) is 0 Å². The Morgan fingerprint density at radius 1 is 1.24 bits per heavy atom.